The number of pyridine rings is 1. The third kappa shape index (κ3) is 4.10. The Bertz CT molecular complexity index is 1210. The molecule has 0 spiro atoms. The van der Waals surface area contributed by atoms with Gasteiger partial charge in [0, 0.05) is 29.8 Å². The molecule has 2 N–H and O–H groups in total. The summed E-state index contributed by atoms with van der Waals surface area (Å²) in [6, 6.07) is 24.4. The summed E-state index contributed by atoms with van der Waals surface area (Å²) in [4.78, 5) is 27.3. The summed E-state index contributed by atoms with van der Waals surface area (Å²) < 4.78 is 5.16. The number of methoxy groups -OCH3 is 1. The van der Waals surface area contributed by atoms with Crippen LogP contribution in [0.2, 0.25) is 0 Å². The summed E-state index contributed by atoms with van der Waals surface area (Å²) in [7, 11) is 1.59. The molecule has 1 amide bonds. The number of nitrogens with one attached hydrogen (secondary N) is 2. The number of amides is 1. The fourth-order valence-electron chi connectivity index (χ4n) is 3.33. The van der Waals surface area contributed by atoms with E-state index in [1.165, 1.54) is 6.07 Å². The van der Waals surface area contributed by atoms with Crippen molar-refractivity contribution in [2.24, 2.45) is 0 Å². The van der Waals surface area contributed by atoms with Crippen LogP contribution in [-0.4, -0.2) is 18.0 Å². The van der Waals surface area contributed by atoms with Gasteiger partial charge in [-0.3, -0.25) is 9.59 Å². The minimum atomic E-state index is -0.209. The number of benzene rings is 3. The van der Waals surface area contributed by atoms with Crippen molar-refractivity contribution in [2.75, 3.05) is 12.4 Å². The lowest BCUT2D eigenvalue weighted by Crippen LogP contribution is -2.12. The molecule has 0 bridgehead atoms. The first-order chi connectivity index (χ1) is 14.1. The maximum absolute atomic E-state index is 12.6. The maximum atomic E-state index is 12.6. The van der Waals surface area contributed by atoms with Crippen molar-refractivity contribution >= 4 is 22.5 Å². The lowest BCUT2D eigenvalue weighted by molar-refractivity contribution is 0.102. The van der Waals surface area contributed by atoms with E-state index in [-0.39, 0.29) is 11.5 Å². The largest absolute Gasteiger partial charge is 0.380 e. The van der Waals surface area contributed by atoms with Gasteiger partial charge in [-0.15, -0.1) is 0 Å². The molecule has 3 aromatic carbocycles. The van der Waals surface area contributed by atoms with Gasteiger partial charge >= 0.3 is 0 Å². The van der Waals surface area contributed by atoms with Crippen LogP contribution < -0.4 is 10.9 Å². The summed E-state index contributed by atoms with van der Waals surface area (Å²) in [5, 5.41) is 3.77. The van der Waals surface area contributed by atoms with E-state index < -0.39 is 0 Å². The summed E-state index contributed by atoms with van der Waals surface area (Å²) in [6.07, 6.45) is 0. The second-order valence-corrected chi connectivity index (χ2v) is 6.75. The highest BCUT2D eigenvalue weighted by Gasteiger charge is 2.09. The Morgan fingerprint density at radius 2 is 1.66 bits per heavy atom. The van der Waals surface area contributed by atoms with Gasteiger partial charge in [0.25, 0.3) is 5.91 Å². The van der Waals surface area contributed by atoms with Crippen LogP contribution in [0.4, 0.5) is 5.69 Å². The second kappa shape index (κ2) is 8.12. The van der Waals surface area contributed by atoms with E-state index in [2.05, 4.69) is 10.3 Å². The predicted octanol–water partition coefficient (Wildman–Crippen LogP) is 4.59. The number of hydrogen-bond donors (Lipinski definition) is 2. The molecule has 0 fully saturated rings. The topological polar surface area (TPSA) is 71.2 Å². The number of aromatic nitrogens is 1. The number of hydrogen-bond acceptors (Lipinski definition) is 3. The van der Waals surface area contributed by atoms with Crippen molar-refractivity contribution in [3.63, 3.8) is 0 Å². The summed E-state index contributed by atoms with van der Waals surface area (Å²) in [6.45, 7) is 0.347. The normalized spacial score (nSPS) is 10.8. The molecule has 144 valence electrons. The maximum Gasteiger partial charge on any atom is 0.255 e. The van der Waals surface area contributed by atoms with Crippen LogP contribution in [0.5, 0.6) is 0 Å². The SMILES string of the molecule is COCc1cc(=O)[nH]c2cc(NC(=O)c3ccc(-c4ccccc4)cc3)ccc12. The van der Waals surface area contributed by atoms with Crippen LogP contribution in [0.1, 0.15) is 15.9 Å². The number of carbonyl (C=O) groups is 1. The van der Waals surface area contributed by atoms with Crippen molar-refractivity contribution in [3.05, 3.63) is 100 Å². The molecule has 4 rings (SSSR count). The van der Waals surface area contributed by atoms with E-state index in [1.54, 1.807) is 25.3 Å². The lowest BCUT2D eigenvalue weighted by atomic mass is 10.0. The number of carbonyl (C=O) groups excluding carboxylic acids is 1. The fraction of sp³-hybridized carbons (Fsp3) is 0.0833. The van der Waals surface area contributed by atoms with E-state index in [9.17, 15) is 9.59 Å². The number of fused-ring (bicyclic) bond motifs is 1. The van der Waals surface area contributed by atoms with Gasteiger partial charge in [-0.25, -0.2) is 0 Å². The molecular formula is C24H20N2O3. The zero-order chi connectivity index (χ0) is 20.2. The molecule has 0 radical (unpaired) electrons. The van der Waals surface area contributed by atoms with Crippen LogP contribution in [0, 0.1) is 0 Å². The molecule has 5 heteroatoms. The molecule has 0 aliphatic carbocycles. The lowest BCUT2D eigenvalue weighted by Gasteiger charge is -2.09. The molecule has 0 saturated carbocycles. The molecule has 0 saturated heterocycles. The van der Waals surface area contributed by atoms with Crippen LogP contribution in [-0.2, 0) is 11.3 Å². The highest BCUT2D eigenvalue weighted by atomic mass is 16.5. The number of aromatic amines is 1. The third-order valence-corrected chi connectivity index (χ3v) is 4.74. The standard InChI is InChI=1S/C24H20N2O3/c1-29-15-19-13-23(27)26-22-14-20(11-12-21(19)22)25-24(28)18-9-7-17(8-10-18)16-5-3-2-4-6-16/h2-14H,15H2,1H3,(H,25,28)(H,26,27). The van der Waals surface area contributed by atoms with Crippen molar-refractivity contribution in [1.82, 2.24) is 4.98 Å². The highest BCUT2D eigenvalue weighted by molar-refractivity contribution is 6.05. The summed E-state index contributed by atoms with van der Waals surface area (Å²) >= 11 is 0. The predicted molar refractivity (Wildman–Crippen MR) is 115 cm³/mol. The average molecular weight is 384 g/mol. The van der Waals surface area contributed by atoms with Crippen molar-refractivity contribution in [2.45, 2.75) is 6.61 Å². The Morgan fingerprint density at radius 1 is 0.931 bits per heavy atom. The van der Waals surface area contributed by atoms with E-state index in [4.69, 9.17) is 4.74 Å². The van der Waals surface area contributed by atoms with Crippen LogP contribution in [0.25, 0.3) is 22.0 Å². The molecule has 29 heavy (non-hydrogen) atoms. The second-order valence-electron chi connectivity index (χ2n) is 6.75. The number of anilines is 1. The highest BCUT2D eigenvalue weighted by Crippen LogP contribution is 2.22. The van der Waals surface area contributed by atoms with E-state index in [0.717, 1.165) is 22.1 Å². The average Bonchev–Trinajstić information content (AvgIpc) is 2.74. The van der Waals surface area contributed by atoms with Gasteiger partial charge < -0.3 is 15.0 Å². The number of ether oxygens (including phenoxy) is 1. The molecule has 5 nitrogen and oxygen atoms in total. The van der Waals surface area contributed by atoms with Gasteiger partial charge in [0.05, 0.1) is 12.1 Å². The van der Waals surface area contributed by atoms with E-state index in [1.807, 2.05) is 54.6 Å². The molecule has 1 aromatic heterocycles. The van der Waals surface area contributed by atoms with Gasteiger partial charge in [-0.2, -0.15) is 0 Å². The van der Waals surface area contributed by atoms with Crippen molar-refractivity contribution in [3.8, 4) is 11.1 Å². The molecular weight excluding hydrogens is 364 g/mol. The van der Waals surface area contributed by atoms with Crippen molar-refractivity contribution in [1.29, 1.82) is 0 Å². The molecule has 0 aliphatic heterocycles. The first kappa shape index (κ1) is 18.7. The zero-order valence-electron chi connectivity index (χ0n) is 15.9. The fourth-order valence-corrected chi connectivity index (χ4v) is 3.33. The summed E-state index contributed by atoms with van der Waals surface area (Å²) in [5.74, 6) is -0.209. The van der Waals surface area contributed by atoms with E-state index in [0.29, 0.717) is 23.4 Å². The van der Waals surface area contributed by atoms with Gasteiger partial charge in [0.1, 0.15) is 0 Å². The molecule has 1 heterocycles. The van der Waals surface area contributed by atoms with Crippen molar-refractivity contribution < 1.29 is 9.53 Å². The van der Waals surface area contributed by atoms with Gasteiger partial charge in [-0.05, 0) is 41.0 Å². The van der Waals surface area contributed by atoms with Crippen LogP contribution in [0.3, 0.4) is 0 Å². The van der Waals surface area contributed by atoms with Gasteiger partial charge in [0.2, 0.25) is 5.56 Å². The summed E-state index contributed by atoms with van der Waals surface area (Å²) in [5.41, 5.74) is 4.58. The molecule has 0 unspecified atom stereocenters. The Kier molecular flexibility index (Phi) is 5.22. The molecule has 0 aliphatic rings. The van der Waals surface area contributed by atoms with Crippen LogP contribution in [0.15, 0.2) is 83.7 Å². The van der Waals surface area contributed by atoms with Gasteiger partial charge in [0.15, 0.2) is 0 Å². The Morgan fingerprint density at radius 3 is 2.38 bits per heavy atom. The molecule has 4 aromatic rings. The monoisotopic (exact) mass is 384 g/mol. The number of rotatable bonds is 5. The Hall–Kier alpha value is -3.70. The first-order valence-corrected chi connectivity index (χ1v) is 9.26. The quantitative estimate of drug-likeness (QED) is 0.528. The van der Waals surface area contributed by atoms with Gasteiger partial charge in [-0.1, -0.05) is 48.5 Å². The Balaban J connectivity index is 1.56. The smallest absolute Gasteiger partial charge is 0.255 e. The van der Waals surface area contributed by atoms with E-state index >= 15 is 0 Å². The Labute approximate surface area is 168 Å². The zero-order valence-corrected chi connectivity index (χ0v) is 15.9. The minimum absolute atomic E-state index is 0.204. The first-order valence-electron chi connectivity index (χ1n) is 9.26. The molecule has 0 atom stereocenters. The van der Waals surface area contributed by atoms with Crippen LogP contribution >= 0.6 is 0 Å². The minimum Gasteiger partial charge on any atom is -0.380 e. The third-order valence-electron chi connectivity index (χ3n) is 4.74. The number of H-pyrrole nitrogens is 1.